The highest BCUT2D eigenvalue weighted by Gasteiger charge is 2.27. The van der Waals surface area contributed by atoms with Gasteiger partial charge in [0.2, 0.25) is 0 Å². The fourth-order valence-electron chi connectivity index (χ4n) is 2.44. The van der Waals surface area contributed by atoms with Crippen LogP contribution in [0.5, 0.6) is 5.75 Å². The van der Waals surface area contributed by atoms with Crippen molar-refractivity contribution in [3.05, 3.63) is 40.3 Å². The minimum atomic E-state index is -0.0494. The maximum atomic E-state index is 12.5. The maximum Gasteiger partial charge on any atom is 0.277 e. The molecule has 4 nitrogen and oxygen atoms in total. The van der Waals surface area contributed by atoms with Crippen molar-refractivity contribution in [2.75, 3.05) is 18.6 Å². The number of hydrogen-bond acceptors (Lipinski definition) is 4. The van der Waals surface area contributed by atoms with Crippen LogP contribution in [0.3, 0.4) is 0 Å². The number of nitrogens with zero attached hydrogens (tertiary/aromatic N) is 2. The number of rotatable bonds is 2. The first-order chi connectivity index (χ1) is 9.31. The Kier molecular flexibility index (Phi) is 3.21. The molecule has 0 atom stereocenters. The normalized spacial score (nSPS) is 14.1. The minimum absolute atomic E-state index is 0.0494. The van der Waals surface area contributed by atoms with Crippen molar-refractivity contribution in [2.45, 2.75) is 12.8 Å². The molecule has 3 rings (SSSR count). The Morgan fingerprint density at radius 2 is 2.37 bits per heavy atom. The number of aryl methyl sites for hydroxylation is 1. The van der Waals surface area contributed by atoms with Gasteiger partial charge < -0.3 is 9.64 Å². The third kappa shape index (κ3) is 2.10. The predicted molar refractivity (Wildman–Crippen MR) is 75.1 cm³/mol. The molecule has 0 bridgehead atoms. The molecule has 0 fully saturated rings. The third-order valence-corrected chi connectivity index (χ3v) is 3.88. The second-order valence-corrected chi connectivity index (χ2v) is 5.12. The molecule has 19 heavy (non-hydrogen) atoms. The molecule has 1 aliphatic rings. The monoisotopic (exact) mass is 274 g/mol. The molecule has 98 valence electrons. The molecule has 1 aromatic carbocycles. The molecule has 0 saturated heterocycles. The van der Waals surface area contributed by atoms with Crippen molar-refractivity contribution in [3.63, 3.8) is 0 Å². The molecule has 1 amide bonds. The molecule has 0 saturated carbocycles. The number of thiazole rings is 1. The van der Waals surface area contributed by atoms with Crippen molar-refractivity contribution in [2.24, 2.45) is 0 Å². The zero-order chi connectivity index (χ0) is 13.2. The SMILES string of the molecule is COc1cccc2c1N(C(=O)c1cscn1)CCC2. The van der Waals surface area contributed by atoms with E-state index in [2.05, 4.69) is 11.1 Å². The van der Waals surface area contributed by atoms with Crippen LogP contribution in [0.25, 0.3) is 0 Å². The van der Waals surface area contributed by atoms with Crippen LogP contribution >= 0.6 is 11.3 Å². The number of anilines is 1. The molecule has 1 aromatic heterocycles. The lowest BCUT2D eigenvalue weighted by Gasteiger charge is -2.30. The van der Waals surface area contributed by atoms with Crippen molar-refractivity contribution >= 4 is 22.9 Å². The van der Waals surface area contributed by atoms with E-state index in [9.17, 15) is 4.79 Å². The summed E-state index contributed by atoms with van der Waals surface area (Å²) in [6.45, 7) is 0.712. The van der Waals surface area contributed by atoms with Gasteiger partial charge in [0.25, 0.3) is 5.91 Å². The number of amides is 1. The molecule has 0 N–H and O–H groups in total. The summed E-state index contributed by atoms with van der Waals surface area (Å²) >= 11 is 1.43. The van der Waals surface area contributed by atoms with Gasteiger partial charge in [-0.3, -0.25) is 4.79 Å². The summed E-state index contributed by atoms with van der Waals surface area (Å²) < 4.78 is 5.40. The van der Waals surface area contributed by atoms with Gasteiger partial charge in [-0.05, 0) is 24.5 Å². The van der Waals surface area contributed by atoms with Crippen LogP contribution in [0.15, 0.2) is 29.1 Å². The molecule has 5 heteroatoms. The smallest absolute Gasteiger partial charge is 0.277 e. The number of carbonyl (C=O) groups is 1. The number of fused-ring (bicyclic) bond motifs is 1. The van der Waals surface area contributed by atoms with Gasteiger partial charge in [0.1, 0.15) is 11.4 Å². The average molecular weight is 274 g/mol. The Balaban J connectivity index is 2.05. The van der Waals surface area contributed by atoms with Crippen molar-refractivity contribution < 1.29 is 9.53 Å². The van der Waals surface area contributed by atoms with E-state index in [1.165, 1.54) is 11.3 Å². The molecular weight excluding hydrogens is 260 g/mol. The minimum Gasteiger partial charge on any atom is -0.495 e. The van der Waals surface area contributed by atoms with Crippen LogP contribution in [0.1, 0.15) is 22.5 Å². The number of aromatic nitrogens is 1. The Morgan fingerprint density at radius 3 is 3.11 bits per heavy atom. The van der Waals surface area contributed by atoms with E-state index in [4.69, 9.17) is 4.74 Å². The number of para-hydroxylation sites is 1. The highest BCUT2D eigenvalue weighted by Crippen LogP contribution is 2.36. The Hall–Kier alpha value is -1.88. The molecule has 0 radical (unpaired) electrons. The van der Waals surface area contributed by atoms with Crippen LogP contribution in [0, 0.1) is 0 Å². The largest absolute Gasteiger partial charge is 0.495 e. The summed E-state index contributed by atoms with van der Waals surface area (Å²) in [6, 6.07) is 5.91. The highest BCUT2D eigenvalue weighted by atomic mass is 32.1. The number of methoxy groups -OCH3 is 1. The molecule has 0 unspecified atom stereocenters. The Morgan fingerprint density at radius 1 is 1.47 bits per heavy atom. The second kappa shape index (κ2) is 5.01. The standard InChI is InChI=1S/C14H14N2O2S/c1-18-12-6-2-4-10-5-3-7-16(13(10)12)14(17)11-8-19-9-15-11/h2,4,6,8-9H,3,5,7H2,1H3. The molecule has 2 heterocycles. The summed E-state index contributed by atoms with van der Waals surface area (Å²) in [6.07, 6.45) is 1.95. The summed E-state index contributed by atoms with van der Waals surface area (Å²) in [5.41, 5.74) is 4.24. The van der Waals surface area contributed by atoms with Crippen LogP contribution in [-0.4, -0.2) is 24.5 Å². The van der Waals surface area contributed by atoms with Crippen molar-refractivity contribution in [1.29, 1.82) is 0 Å². The van der Waals surface area contributed by atoms with Gasteiger partial charge in [-0.15, -0.1) is 11.3 Å². The van der Waals surface area contributed by atoms with E-state index in [0.717, 1.165) is 29.8 Å². The summed E-state index contributed by atoms with van der Waals surface area (Å²) in [5, 5.41) is 1.78. The van der Waals surface area contributed by atoms with E-state index < -0.39 is 0 Å². The highest BCUT2D eigenvalue weighted by molar-refractivity contribution is 7.07. The van der Waals surface area contributed by atoms with E-state index in [1.807, 2.05) is 12.1 Å². The number of carbonyl (C=O) groups excluding carboxylic acids is 1. The van der Waals surface area contributed by atoms with Crippen LogP contribution in [0.4, 0.5) is 5.69 Å². The predicted octanol–water partition coefficient (Wildman–Crippen LogP) is 2.74. The van der Waals surface area contributed by atoms with Gasteiger partial charge in [-0.2, -0.15) is 0 Å². The van der Waals surface area contributed by atoms with Gasteiger partial charge in [0, 0.05) is 11.9 Å². The lowest BCUT2D eigenvalue weighted by molar-refractivity contribution is 0.0980. The van der Waals surface area contributed by atoms with Crippen molar-refractivity contribution in [3.8, 4) is 5.75 Å². The quantitative estimate of drug-likeness (QED) is 0.845. The van der Waals surface area contributed by atoms with E-state index in [1.54, 1.807) is 22.9 Å². The number of hydrogen-bond donors (Lipinski definition) is 0. The fourth-order valence-corrected chi connectivity index (χ4v) is 2.97. The van der Waals surface area contributed by atoms with Gasteiger partial charge in [0.15, 0.2) is 0 Å². The zero-order valence-corrected chi connectivity index (χ0v) is 11.4. The molecule has 0 spiro atoms. The van der Waals surface area contributed by atoms with Crippen LogP contribution in [-0.2, 0) is 6.42 Å². The van der Waals surface area contributed by atoms with Crippen molar-refractivity contribution in [1.82, 2.24) is 4.98 Å². The van der Waals surface area contributed by atoms with Gasteiger partial charge in [-0.1, -0.05) is 12.1 Å². The van der Waals surface area contributed by atoms with Gasteiger partial charge in [0.05, 0.1) is 18.3 Å². The second-order valence-electron chi connectivity index (χ2n) is 4.40. The Labute approximate surface area is 115 Å². The number of benzene rings is 1. The first-order valence-electron chi connectivity index (χ1n) is 6.17. The van der Waals surface area contributed by atoms with E-state index in [0.29, 0.717) is 12.2 Å². The van der Waals surface area contributed by atoms with Gasteiger partial charge >= 0.3 is 0 Å². The Bertz CT molecular complexity index is 581. The first kappa shape index (κ1) is 12.2. The molecule has 0 aliphatic carbocycles. The van der Waals surface area contributed by atoms with Crippen LogP contribution < -0.4 is 9.64 Å². The van der Waals surface area contributed by atoms with Gasteiger partial charge in [-0.25, -0.2) is 4.98 Å². The maximum absolute atomic E-state index is 12.5. The fraction of sp³-hybridized carbons (Fsp3) is 0.286. The summed E-state index contributed by atoms with van der Waals surface area (Å²) in [4.78, 5) is 18.4. The molecular formula is C14H14N2O2S. The third-order valence-electron chi connectivity index (χ3n) is 3.30. The topological polar surface area (TPSA) is 42.4 Å². The van der Waals surface area contributed by atoms with Crippen LogP contribution in [0.2, 0.25) is 0 Å². The summed E-state index contributed by atoms with van der Waals surface area (Å²) in [5.74, 6) is 0.701. The molecule has 2 aromatic rings. The zero-order valence-electron chi connectivity index (χ0n) is 10.6. The first-order valence-corrected chi connectivity index (χ1v) is 7.11. The average Bonchev–Trinajstić information content (AvgIpc) is 2.99. The van der Waals surface area contributed by atoms with E-state index in [-0.39, 0.29) is 5.91 Å². The summed E-state index contributed by atoms with van der Waals surface area (Å²) in [7, 11) is 1.63. The number of ether oxygens (including phenoxy) is 1. The lowest BCUT2D eigenvalue weighted by Crippen LogP contribution is -2.36. The lowest BCUT2D eigenvalue weighted by atomic mass is 10.0. The van der Waals surface area contributed by atoms with E-state index >= 15 is 0 Å². The molecule has 1 aliphatic heterocycles.